The number of amides is 1. The van der Waals surface area contributed by atoms with Gasteiger partial charge in [-0.2, -0.15) is 5.26 Å². The predicted octanol–water partition coefficient (Wildman–Crippen LogP) is 1.86. The monoisotopic (exact) mass is 260 g/mol. The molecule has 1 aromatic rings. The Balaban J connectivity index is 1.94. The lowest BCUT2D eigenvalue weighted by molar-refractivity contribution is -0.117. The molecule has 1 aliphatic rings. The van der Waals surface area contributed by atoms with E-state index in [1.54, 1.807) is 13.0 Å². The van der Waals surface area contributed by atoms with Crippen LogP contribution in [0.1, 0.15) is 31.4 Å². The van der Waals surface area contributed by atoms with Gasteiger partial charge in [-0.05, 0) is 19.8 Å². The van der Waals surface area contributed by atoms with Crippen LogP contribution in [-0.2, 0) is 4.79 Å². The van der Waals surface area contributed by atoms with Crippen LogP contribution < -0.4 is 10.6 Å². The second kappa shape index (κ2) is 6.05. The lowest BCUT2D eigenvalue weighted by atomic mass is 10.2. The third-order valence-corrected chi connectivity index (χ3v) is 3.05. The minimum Gasteiger partial charge on any atom is -0.360 e. The molecule has 0 saturated heterocycles. The number of nitriles is 1. The Morgan fingerprint density at radius 1 is 1.58 bits per heavy atom. The van der Waals surface area contributed by atoms with Crippen molar-refractivity contribution in [2.24, 2.45) is 0 Å². The summed E-state index contributed by atoms with van der Waals surface area (Å²) in [6.45, 7) is 1.76. The van der Waals surface area contributed by atoms with Crippen LogP contribution in [0.5, 0.6) is 0 Å². The van der Waals surface area contributed by atoms with Crippen molar-refractivity contribution < 1.29 is 9.32 Å². The second-order valence-electron chi connectivity index (χ2n) is 4.59. The van der Waals surface area contributed by atoms with E-state index in [0.717, 1.165) is 25.7 Å². The van der Waals surface area contributed by atoms with E-state index in [0.29, 0.717) is 11.6 Å². The first-order valence-corrected chi connectivity index (χ1v) is 6.30. The van der Waals surface area contributed by atoms with Gasteiger partial charge in [0.25, 0.3) is 5.91 Å². The number of hydrogen-bond donors (Lipinski definition) is 2. The minimum absolute atomic E-state index is 0.0348. The van der Waals surface area contributed by atoms with E-state index in [1.807, 2.05) is 6.07 Å². The number of aromatic nitrogens is 1. The molecule has 100 valence electrons. The molecule has 6 nitrogen and oxygen atoms in total. The molecule has 0 radical (unpaired) electrons. The first-order valence-electron chi connectivity index (χ1n) is 6.30. The fourth-order valence-electron chi connectivity index (χ4n) is 2.06. The Morgan fingerprint density at radius 3 is 2.89 bits per heavy atom. The van der Waals surface area contributed by atoms with Gasteiger partial charge in [-0.1, -0.05) is 18.0 Å². The van der Waals surface area contributed by atoms with E-state index in [-0.39, 0.29) is 17.5 Å². The van der Waals surface area contributed by atoms with E-state index < -0.39 is 0 Å². The predicted molar refractivity (Wildman–Crippen MR) is 69.0 cm³/mol. The number of rotatable bonds is 4. The van der Waals surface area contributed by atoms with E-state index in [9.17, 15) is 4.79 Å². The topological polar surface area (TPSA) is 91.0 Å². The lowest BCUT2D eigenvalue weighted by Gasteiger charge is -2.10. The van der Waals surface area contributed by atoms with Crippen molar-refractivity contribution in [1.29, 1.82) is 5.26 Å². The minimum atomic E-state index is -0.345. The number of nitrogens with one attached hydrogen (secondary N) is 2. The average molecular weight is 260 g/mol. The van der Waals surface area contributed by atoms with Gasteiger partial charge in [0.05, 0.1) is 0 Å². The third-order valence-electron chi connectivity index (χ3n) is 3.05. The quantitative estimate of drug-likeness (QED) is 0.637. The Hall–Kier alpha value is -2.29. The molecule has 0 aliphatic heterocycles. The number of hydrogen-bond acceptors (Lipinski definition) is 5. The molecule has 6 heteroatoms. The van der Waals surface area contributed by atoms with E-state index in [4.69, 9.17) is 9.78 Å². The Labute approximate surface area is 111 Å². The zero-order chi connectivity index (χ0) is 13.7. The van der Waals surface area contributed by atoms with Crippen molar-refractivity contribution in [1.82, 2.24) is 10.5 Å². The third kappa shape index (κ3) is 3.58. The van der Waals surface area contributed by atoms with Gasteiger partial charge in [-0.3, -0.25) is 4.79 Å². The summed E-state index contributed by atoms with van der Waals surface area (Å²) in [6, 6.07) is 3.76. The Bertz CT molecular complexity index is 521. The maximum atomic E-state index is 11.9. The van der Waals surface area contributed by atoms with Crippen molar-refractivity contribution in [2.75, 3.05) is 5.32 Å². The Kier molecular flexibility index (Phi) is 4.18. The van der Waals surface area contributed by atoms with Gasteiger partial charge in [-0.25, -0.2) is 0 Å². The van der Waals surface area contributed by atoms with Gasteiger partial charge in [-0.15, -0.1) is 0 Å². The molecule has 19 heavy (non-hydrogen) atoms. The van der Waals surface area contributed by atoms with Gasteiger partial charge in [0.2, 0.25) is 0 Å². The molecule has 0 unspecified atom stereocenters. The molecule has 0 bridgehead atoms. The summed E-state index contributed by atoms with van der Waals surface area (Å²) >= 11 is 0. The van der Waals surface area contributed by atoms with E-state index in [1.165, 1.54) is 6.20 Å². The molecule has 0 aromatic carbocycles. The maximum absolute atomic E-state index is 11.9. The summed E-state index contributed by atoms with van der Waals surface area (Å²) in [4.78, 5) is 11.9. The lowest BCUT2D eigenvalue weighted by Crippen LogP contribution is -2.33. The van der Waals surface area contributed by atoms with Crippen molar-refractivity contribution in [3.8, 4) is 6.07 Å². The van der Waals surface area contributed by atoms with Crippen LogP contribution in [0.3, 0.4) is 0 Å². The zero-order valence-corrected chi connectivity index (χ0v) is 10.8. The highest BCUT2D eigenvalue weighted by Gasteiger charge is 2.19. The fraction of sp³-hybridized carbons (Fsp3) is 0.462. The molecular formula is C13H16N4O2. The summed E-state index contributed by atoms with van der Waals surface area (Å²) in [6.07, 6.45) is 5.59. The molecule has 1 saturated carbocycles. The smallest absolute Gasteiger partial charge is 0.263 e. The van der Waals surface area contributed by atoms with E-state index >= 15 is 0 Å². The molecule has 1 aliphatic carbocycles. The van der Waals surface area contributed by atoms with E-state index in [2.05, 4.69) is 15.8 Å². The molecule has 1 amide bonds. The number of nitrogens with zero attached hydrogens (tertiary/aromatic N) is 2. The highest BCUT2D eigenvalue weighted by Crippen LogP contribution is 2.18. The van der Waals surface area contributed by atoms with Crippen LogP contribution in [0.4, 0.5) is 5.82 Å². The van der Waals surface area contributed by atoms with Crippen LogP contribution >= 0.6 is 0 Å². The Morgan fingerprint density at radius 2 is 2.32 bits per heavy atom. The van der Waals surface area contributed by atoms with Crippen LogP contribution in [-0.4, -0.2) is 17.1 Å². The first-order chi connectivity index (χ1) is 9.19. The number of aryl methyl sites for hydroxylation is 1. The van der Waals surface area contributed by atoms with Crippen LogP contribution in [0, 0.1) is 18.3 Å². The number of carbonyl (C=O) groups is 1. The largest absolute Gasteiger partial charge is 0.360 e. The molecule has 2 N–H and O–H groups in total. The van der Waals surface area contributed by atoms with Crippen molar-refractivity contribution in [3.05, 3.63) is 23.6 Å². The summed E-state index contributed by atoms with van der Waals surface area (Å²) in [5.74, 6) is 0.783. The van der Waals surface area contributed by atoms with Crippen molar-refractivity contribution >= 4 is 11.7 Å². The molecule has 1 fully saturated rings. The van der Waals surface area contributed by atoms with Crippen molar-refractivity contribution in [2.45, 2.75) is 38.6 Å². The maximum Gasteiger partial charge on any atom is 0.263 e. The molecule has 0 atom stereocenters. The molecule has 2 rings (SSSR count). The number of anilines is 1. The highest BCUT2D eigenvalue weighted by molar-refractivity contribution is 5.97. The average Bonchev–Trinajstić information content (AvgIpc) is 3.02. The number of carbonyl (C=O) groups excluding carboxylic acids is 1. The SMILES string of the molecule is Cc1cc(N/C=C(/C#N)C(=O)NC2CCCC2)no1. The normalized spacial score (nSPS) is 16.1. The first kappa shape index (κ1) is 13.1. The highest BCUT2D eigenvalue weighted by atomic mass is 16.5. The molecule has 1 aromatic heterocycles. The standard InChI is InChI=1S/C13H16N4O2/c1-9-6-12(17-19-9)15-8-10(7-14)13(18)16-11-4-2-3-5-11/h6,8,11H,2-5H2,1H3,(H,15,17)(H,16,18)/b10-8-. The molecular weight excluding hydrogens is 244 g/mol. The summed E-state index contributed by atoms with van der Waals surface area (Å²) in [7, 11) is 0. The van der Waals surface area contributed by atoms with Crippen LogP contribution in [0.25, 0.3) is 0 Å². The van der Waals surface area contributed by atoms with Crippen molar-refractivity contribution in [3.63, 3.8) is 0 Å². The van der Waals surface area contributed by atoms with Crippen LogP contribution in [0.2, 0.25) is 0 Å². The summed E-state index contributed by atoms with van der Waals surface area (Å²) in [5.41, 5.74) is 0.0348. The van der Waals surface area contributed by atoms with Gasteiger partial charge < -0.3 is 15.2 Å². The second-order valence-corrected chi connectivity index (χ2v) is 4.59. The van der Waals surface area contributed by atoms with Crippen LogP contribution in [0.15, 0.2) is 22.4 Å². The summed E-state index contributed by atoms with van der Waals surface area (Å²) in [5, 5.41) is 18.3. The molecule has 0 spiro atoms. The van der Waals surface area contributed by atoms with Gasteiger partial charge >= 0.3 is 0 Å². The van der Waals surface area contributed by atoms with Gasteiger partial charge in [0.15, 0.2) is 5.82 Å². The fourth-order valence-corrected chi connectivity index (χ4v) is 2.06. The summed E-state index contributed by atoms with van der Waals surface area (Å²) < 4.78 is 4.87. The zero-order valence-electron chi connectivity index (χ0n) is 10.8. The molecule has 1 heterocycles. The van der Waals surface area contributed by atoms with Gasteiger partial charge in [0, 0.05) is 18.3 Å². The van der Waals surface area contributed by atoms with Gasteiger partial charge in [0.1, 0.15) is 17.4 Å².